The minimum absolute atomic E-state index is 0.0388. The van der Waals surface area contributed by atoms with Crippen molar-refractivity contribution < 1.29 is 9.53 Å². The van der Waals surface area contributed by atoms with Gasteiger partial charge in [-0.25, -0.2) is 9.78 Å². The monoisotopic (exact) mass is 329 g/mol. The number of ether oxygens (including phenoxy) is 1. The third kappa shape index (κ3) is 3.67. The van der Waals surface area contributed by atoms with E-state index in [0.29, 0.717) is 18.3 Å². The van der Waals surface area contributed by atoms with Crippen molar-refractivity contribution in [2.24, 2.45) is 7.05 Å². The highest BCUT2D eigenvalue weighted by atomic mass is 16.5. The van der Waals surface area contributed by atoms with Gasteiger partial charge in [0, 0.05) is 44.0 Å². The summed E-state index contributed by atoms with van der Waals surface area (Å²) < 4.78 is 7.02. The molecule has 0 bridgehead atoms. The Hall–Kier alpha value is -2.57. The quantitative estimate of drug-likeness (QED) is 0.930. The van der Waals surface area contributed by atoms with Crippen LogP contribution in [0.15, 0.2) is 30.5 Å². The maximum Gasteiger partial charge on any atom is 0.317 e. The van der Waals surface area contributed by atoms with Gasteiger partial charge in [-0.1, -0.05) is 6.07 Å². The number of nitrogens with zero attached hydrogens (tertiary/aromatic N) is 4. The number of aromatic nitrogens is 3. The van der Waals surface area contributed by atoms with Crippen molar-refractivity contribution >= 4 is 6.03 Å². The summed E-state index contributed by atoms with van der Waals surface area (Å²) in [6.07, 6.45) is 3.75. The highest BCUT2D eigenvalue weighted by molar-refractivity contribution is 5.74. The molecule has 3 heterocycles. The molecule has 7 nitrogen and oxygen atoms in total. The van der Waals surface area contributed by atoms with Crippen LogP contribution in [0.4, 0.5) is 4.79 Å². The van der Waals surface area contributed by atoms with Crippen LogP contribution >= 0.6 is 0 Å². The Morgan fingerprint density at radius 1 is 1.33 bits per heavy atom. The Balaban J connectivity index is 1.49. The molecule has 1 aliphatic rings. The third-order valence-electron chi connectivity index (χ3n) is 4.47. The summed E-state index contributed by atoms with van der Waals surface area (Å²) in [7, 11) is 3.55. The molecule has 1 N–H and O–H groups in total. The largest absolute Gasteiger partial charge is 0.481 e. The lowest BCUT2D eigenvalue weighted by Crippen LogP contribution is -2.44. The van der Waals surface area contributed by atoms with Crippen molar-refractivity contribution in [2.75, 3.05) is 20.2 Å². The molecule has 2 aromatic rings. The lowest BCUT2D eigenvalue weighted by atomic mass is 9.93. The van der Waals surface area contributed by atoms with Gasteiger partial charge in [0.1, 0.15) is 0 Å². The molecule has 1 saturated heterocycles. The van der Waals surface area contributed by atoms with E-state index in [0.717, 1.165) is 31.6 Å². The first kappa shape index (κ1) is 16.3. The summed E-state index contributed by atoms with van der Waals surface area (Å²) in [5, 5.41) is 7.16. The highest BCUT2D eigenvalue weighted by Gasteiger charge is 2.25. The number of carbonyl (C=O) groups excluding carboxylic acids is 1. The molecule has 0 atom stereocenters. The van der Waals surface area contributed by atoms with Crippen molar-refractivity contribution in [2.45, 2.75) is 25.3 Å². The maximum atomic E-state index is 12.3. The summed E-state index contributed by atoms with van der Waals surface area (Å²) in [6, 6.07) is 7.55. The van der Waals surface area contributed by atoms with E-state index >= 15 is 0 Å². The fraction of sp³-hybridized carbons (Fsp3) is 0.471. The van der Waals surface area contributed by atoms with E-state index in [1.807, 2.05) is 35.0 Å². The van der Waals surface area contributed by atoms with Gasteiger partial charge in [-0.15, -0.1) is 0 Å². The number of carbonyl (C=O) groups is 1. The number of nitrogens with one attached hydrogen (secondary N) is 1. The molecule has 0 aromatic carbocycles. The van der Waals surface area contributed by atoms with Gasteiger partial charge in [0.05, 0.1) is 19.3 Å². The first-order valence-electron chi connectivity index (χ1n) is 8.18. The standard InChI is InChI=1S/C17H23N5O2/c1-21-15(6-9-19-21)13-7-10-22(11-8-13)17(23)18-12-14-4-3-5-16(20-14)24-2/h3-6,9,13H,7-8,10-12H2,1-2H3,(H,18,23). The molecule has 128 valence electrons. The molecule has 0 saturated carbocycles. The van der Waals surface area contributed by atoms with E-state index in [4.69, 9.17) is 4.74 Å². The van der Waals surface area contributed by atoms with Gasteiger partial charge in [-0.05, 0) is 25.0 Å². The van der Waals surface area contributed by atoms with E-state index in [9.17, 15) is 4.79 Å². The number of likely N-dealkylation sites (tertiary alicyclic amines) is 1. The maximum absolute atomic E-state index is 12.3. The van der Waals surface area contributed by atoms with E-state index < -0.39 is 0 Å². The third-order valence-corrected chi connectivity index (χ3v) is 4.47. The number of pyridine rings is 1. The molecule has 7 heteroatoms. The van der Waals surface area contributed by atoms with Gasteiger partial charge >= 0.3 is 6.03 Å². The number of rotatable bonds is 4. The van der Waals surface area contributed by atoms with Crippen LogP contribution in [0.5, 0.6) is 5.88 Å². The number of hydrogen-bond acceptors (Lipinski definition) is 4. The van der Waals surface area contributed by atoms with Crippen LogP contribution in [0.25, 0.3) is 0 Å². The van der Waals surface area contributed by atoms with E-state index in [2.05, 4.69) is 21.5 Å². The van der Waals surface area contributed by atoms with Crippen molar-refractivity contribution in [3.8, 4) is 5.88 Å². The minimum Gasteiger partial charge on any atom is -0.481 e. The lowest BCUT2D eigenvalue weighted by molar-refractivity contribution is 0.180. The second kappa shape index (κ2) is 7.33. The Labute approximate surface area is 141 Å². The molecule has 0 unspecified atom stereocenters. The molecule has 0 radical (unpaired) electrons. The predicted molar refractivity (Wildman–Crippen MR) is 89.8 cm³/mol. The molecule has 0 aliphatic carbocycles. The molecule has 24 heavy (non-hydrogen) atoms. The van der Waals surface area contributed by atoms with Gasteiger partial charge in [0.2, 0.25) is 5.88 Å². The Morgan fingerprint density at radius 2 is 2.12 bits per heavy atom. The predicted octanol–water partition coefficient (Wildman–Crippen LogP) is 1.91. The van der Waals surface area contributed by atoms with E-state index in [1.54, 1.807) is 13.2 Å². The second-order valence-electron chi connectivity index (χ2n) is 5.97. The van der Waals surface area contributed by atoms with Crippen LogP contribution in [0.3, 0.4) is 0 Å². The first-order valence-corrected chi connectivity index (χ1v) is 8.18. The summed E-state index contributed by atoms with van der Waals surface area (Å²) >= 11 is 0. The zero-order valence-corrected chi connectivity index (χ0v) is 14.1. The van der Waals surface area contributed by atoms with Crippen LogP contribution in [0.2, 0.25) is 0 Å². The van der Waals surface area contributed by atoms with Crippen LogP contribution in [0.1, 0.15) is 30.1 Å². The van der Waals surface area contributed by atoms with Gasteiger partial charge in [0.15, 0.2) is 0 Å². The second-order valence-corrected chi connectivity index (χ2v) is 5.97. The summed E-state index contributed by atoms with van der Waals surface area (Å²) in [4.78, 5) is 18.5. The molecule has 0 spiro atoms. The van der Waals surface area contributed by atoms with Gasteiger partial charge in [0.25, 0.3) is 0 Å². The SMILES string of the molecule is COc1cccc(CNC(=O)N2CCC(c3ccnn3C)CC2)n1. The minimum atomic E-state index is -0.0388. The molecule has 1 fully saturated rings. The van der Waals surface area contributed by atoms with E-state index in [1.165, 1.54) is 5.69 Å². The summed E-state index contributed by atoms with van der Waals surface area (Å²) in [6.45, 7) is 1.91. The van der Waals surface area contributed by atoms with Crippen LogP contribution in [-0.4, -0.2) is 45.9 Å². The number of methoxy groups -OCH3 is 1. The van der Waals surface area contributed by atoms with E-state index in [-0.39, 0.29) is 6.03 Å². The number of hydrogen-bond donors (Lipinski definition) is 1. The average molecular weight is 329 g/mol. The number of piperidine rings is 1. The number of aryl methyl sites for hydroxylation is 1. The topological polar surface area (TPSA) is 72.3 Å². The average Bonchev–Trinajstić information content (AvgIpc) is 3.06. The normalized spacial score (nSPS) is 15.3. The van der Waals surface area contributed by atoms with Gasteiger partial charge in [-0.2, -0.15) is 5.10 Å². The Bertz CT molecular complexity index is 692. The zero-order valence-electron chi connectivity index (χ0n) is 14.1. The summed E-state index contributed by atoms with van der Waals surface area (Å²) in [5.74, 6) is 1.03. The fourth-order valence-electron chi connectivity index (χ4n) is 3.11. The smallest absolute Gasteiger partial charge is 0.317 e. The molecular formula is C17H23N5O2. The lowest BCUT2D eigenvalue weighted by Gasteiger charge is -2.32. The molecule has 1 aliphatic heterocycles. The highest BCUT2D eigenvalue weighted by Crippen LogP contribution is 2.27. The molecular weight excluding hydrogens is 306 g/mol. The Morgan fingerprint density at radius 3 is 2.79 bits per heavy atom. The van der Waals surface area contributed by atoms with Gasteiger partial charge < -0.3 is 15.0 Å². The molecule has 2 amide bonds. The van der Waals surface area contributed by atoms with Crippen molar-refractivity contribution in [1.29, 1.82) is 0 Å². The zero-order chi connectivity index (χ0) is 16.9. The molecule has 2 aromatic heterocycles. The fourth-order valence-corrected chi connectivity index (χ4v) is 3.11. The van der Waals surface area contributed by atoms with Crippen LogP contribution in [0, 0.1) is 0 Å². The van der Waals surface area contributed by atoms with Gasteiger partial charge in [-0.3, -0.25) is 4.68 Å². The van der Waals surface area contributed by atoms with Crippen molar-refractivity contribution in [3.05, 3.63) is 41.9 Å². The van der Waals surface area contributed by atoms with Crippen LogP contribution in [-0.2, 0) is 13.6 Å². The number of urea groups is 1. The molecule has 3 rings (SSSR count). The van der Waals surface area contributed by atoms with Crippen LogP contribution < -0.4 is 10.1 Å². The number of amides is 2. The first-order chi connectivity index (χ1) is 11.7. The Kier molecular flexibility index (Phi) is 4.98. The van der Waals surface area contributed by atoms with Crippen molar-refractivity contribution in [3.63, 3.8) is 0 Å². The summed E-state index contributed by atoms with van der Waals surface area (Å²) in [5.41, 5.74) is 2.03. The van der Waals surface area contributed by atoms with Crippen molar-refractivity contribution in [1.82, 2.24) is 25.0 Å².